The summed E-state index contributed by atoms with van der Waals surface area (Å²) in [7, 11) is 0. The predicted molar refractivity (Wildman–Crippen MR) is 84.0 cm³/mol. The molecule has 3 rings (SSSR count). The molecule has 0 saturated carbocycles. The molecule has 2 aliphatic heterocycles. The smallest absolute Gasteiger partial charge is 0.245 e. The van der Waals surface area contributed by atoms with Crippen molar-refractivity contribution >= 4 is 11.8 Å². The van der Waals surface area contributed by atoms with Crippen LogP contribution in [0.15, 0.2) is 30.3 Å². The zero-order chi connectivity index (χ0) is 15.4. The largest absolute Gasteiger partial charge is 0.343 e. The predicted octanol–water partition coefficient (Wildman–Crippen LogP) is 1.05. The number of carbonyl (C=O) groups is 2. The van der Waals surface area contributed by atoms with E-state index in [-0.39, 0.29) is 23.9 Å². The average molecular weight is 301 g/mol. The number of piperidine rings is 1. The van der Waals surface area contributed by atoms with Crippen molar-refractivity contribution in [2.24, 2.45) is 0 Å². The first kappa shape index (κ1) is 15.0. The maximum Gasteiger partial charge on any atom is 0.245 e. The van der Waals surface area contributed by atoms with Gasteiger partial charge in [0, 0.05) is 13.1 Å². The molecule has 0 radical (unpaired) electrons. The Kier molecular flexibility index (Phi) is 4.73. The van der Waals surface area contributed by atoms with Gasteiger partial charge in [0.05, 0.1) is 6.04 Å². The Hall–Kier alpha value is -1.88. The second-order valence-electron chi connectivity index (χ2n) is 6.10. The lowest BCUT2D eigenvalue weighted by molar-refractivity contribution is -0.133. The number of amides is 2. The van der Waals surface area contributed by atoms with Gasteiger partial charge in [-0.2, -0.15) is 0 Å². The Morgan fingerprint density at radius 3 is 2.77 bits per heavy atom. The molecule has 0 aliphatic carbocycles. The summed E-state index contributed by atoms with van der Waals surface area (Å²) in [6.45, 7) is 2.21. The first-order valence-corrected chi connectivity index (χ1v) is 8.10. The number of nitrogens with one attached hydrogen (secondary N) is 2. The zero-order valence-corrected chi connectivity index (χ0v) is 12.8. The summed E-state index contributed by atoms with van der Waals surface area (Å²) in [5.41, 5.74) is 1.12. The molecule has 0 aromatic heterocycles. The summed E-state index contributed by atoms with van der Waals surface area (Å²) in [6, 6.07) is 9.46. The first-order chi connectivity index (χ1) is 10.7. The number of hydrogen-bond acceptors (Lipinski definition) is 3. The minimum absolute atomic E-state index is 0.0281. The maximum atomic E-state index is 12.4. The van der Waals surface area contributed by atoms with E-state index >= 15 is 0 Å². The lowest BCUT2D eigenvalue weighted by Gasteiger charge is -2.24. The van der Waals surface area contributed by atoms with Crippen molar-refractivity contribution < 1.29 is 9.59 Å². The van der Waals surface area contributed by atoms with Crippen LogP contribution in [-0.4, -0.2) is 41.9 Å². The Balaban J connectivity index is 1.53. The third kappa shape index (κ3) is 3.47. The molecular formula is C17H23N3O2. The molecule has 2 atom stereocenters. The number of carbonyl (C=O) groups excluding carboxylic acids is 2. The number of hydrogen-bond donors (Lipinski definition) is 2. The van der Waals surface area contributed by atoms with Crippen molar-refractivity contribution in [3.63, 3.8) is 0 Å². The quantitative estimate of drug-likeness (QED) is 0.874. The SMILES string of the molecule is O=C(NC1CCN(Cc2ccccc2)C1=O)C1CCCCN1. The van der Waals surface area contributed by atoms with Crippen LogP contribution in [0.5, 0.6) is 0 Å². The summed E-state index contributed by atoms with van der Waals surface area (Å²) in [5, 5.41) is 6.14. The molecule has 5 heteroatoms. The summed E-state index contributed by atoms with van der Waals surface area (Å²) in [6.07, 6.45) is 3.76. The Labute approximate surface area is 131 Å². The van der Waals surface area contributed by atoms with Crippen LogP contribution >= 0.6 is 0 Å². The Morgan fingerprint density at radius 2 is 2.05 bits per heavy atom. The van der Waals surface area contributed by atoms with E-state index in [9.17, 15) is 9.59 Å². The van der Waals surface area contributed by atoms with Gasteiger partial charge in [-0.05, 0) is 31.4 Å². The molecular weight excluding hydrogens is 278 g/mol. The first-order valence-electron chi connectivity index (χ1n) is 8.10. The van der Waals surface area contributed by atoms with Crippen molar-refractivity contribution in [3.8, 4) is 0 Å². The molecule has 118 valence electrons. The Morgan fingerprint density at radius 1 is 1.23 bits per heavy atom. The number of rotatable bonds is 4. The van der Waals surface area contributed by atoms with Gasteiger partial charge in [0.15, 0.2) is 0 Å². The highest BCUT2D eigenvalue weighted by Gasteiger charge is 2.34. The molecule has 0 bridgehead atoms. The van der Waals surface area contributed by atoms with E-state index in [1.54, 1.807) is 0 Å². The van der Waals surface area contributed by atoms with Crippen LogP contribution in [0.1, 0.15) is 31.2 Å². The normalized spacial score (nSPS) is 25.3. The molecule has 2 saturated heterocycles. The lowest BCUT2D eigenvalue weighted by atomic mass is 10.0. The highest BCUT2D eigenvalue weighted by molar-refractivity contribution is 5.91. The molecule has 2 heterocycles. The summed E-state index contributed by atoms with van der Waals surface area (Å²) in [4.78, 5) is 26.5. The molecule has 2 fully saturated rings. The van der Waals surface area contributed by atoms with E-state index in [0.29, 0.717) is 19.5 Å². The standard InChI is InChI=1S/C17H23N3O2/c21-16(14-8-4-5-10-18-14)19-15-9-11-20(17(15)22)12-13-6-2-1-3-7-13/h1-3,6-7,14-15,18H,4-5,8-12H2,(H,19,21). The minimum atomic E-state index is -0.361. The van der Waals surface area contributed by atoms with Crippen molar-refractivity contribution in [1.29, 1.82) is 0 Å². The summed E-state index contributed by atoms with van der Waals surface area (Å²) in [5.74, 6) is 0.00706. The molecule has 2 amide bonds. The van der Waals surface area contributed by atoms with Crippen LogP contribution in [0.3, 0.4) is 0 Å². The highest BCUT2D eigenvalue weighted by atomic mass is 16.2. The second-order valence-corrected chi connectivity index (χ2v) is 6.10. The maximum absolute atomic E-state index is 12.4. The third-order valence-corrected chi connectivity index (χ3v) is 4.46. The molecule has 2 unspecified atom stereocenters. The van der Waals surface area contributed by atoms with Crippen molar-refractivity contribution in [3.05, 3.63) is 35.9 Å². The van der Waals surface area contributed by atoms with E-state index in [0.717, 1.165) is 31.4 Å². The van der Waals surface area contributed by atoms with Crippen LogP contribution < -0.4 is 10.6 Å². The molecule has 1 aromatic carbocycles. The number of likely N-dealkylation sites (tertiary alicyclic amines) is 1. The van der Waals surface area contributed by atoms with Gasteiger partial charge in [0.2, 0.25) is 11.8 Å². The van der Waals surface area contributed by atoms with Gasteiger partial charge in [-0.3, -0.25) is 9.59 Å². The zero-order valence-electron chi connectivity index (χ0n) is 12.8. The molecule has 22 heavy (non-hydrogen) atoms. The van der Waals surface area contributed by atoms with Gasteiger partial charge in [0.25, 0.3) is 0 Å². The van der Waals surface area contributed by atoms with Gasteiger partial charge < -0.3 is 15.5 Å². The van der Waals surface area contributed by atoms with E-state index < -0.39 is 0 Å². The van der Waals surface area contributed by atoms with E-state index in [1.165, 1.54) is 0 Å². The van der Waals surface area contributed by atoms with Gasteiger partial charge >= 0.3 is 0 Å². The van der Waals surface area contributed by atoms with E-state index in [1.807, 2.05) is 35.2 Å². The van der Waals surface area contributed by atoms with Gasteiger partial charge in [0.1, 0.15) is 6.04 Å². The molecule has 5 nitrogen and oxygen atoms in total. The number of benzene rings is 1. The van der Waals surface area contributed by atoms with Crippen LogP contribution in [-0.2, 0) is 16.1 Å². The summed E-state index contributed by atoms with van der Waals surface area (Å²) >= 11 is 0. The van der Waals surface area contributed by atoms with Crippen molar-refractivity contribution in [2.45, 2.75) is 44.3 Å². The Bertz CT molecular complexity index is 526. The molecule has 1 aromatic rings. The minimum Gasteiger partial charge on any atom is -0.343 e. The molecule has 2 aliphatic rings. The van der Waals surface area contributed by atoms with E-state index in [2.05, 4.69) is 10.6 Å². The van der Waals surface area contributed by atoms with E-state index in [4.69, 9.17) is 0 Å². The fraction of sp³-hybridized carbons (Fsp3) is 0.529. The number of nitrogens with zero attached hydrogens (tertiary/aromatic N) is 1. The van der Waals surface area contributed by atoms with Crippen molar-refractivity contribution in [2.75, 3.05) is 13.1 Å². The third-order valence-electron chi connectivity index (χ3n) is 4.46. The van der Waals surface area contributed by atoms with Gasteiger partial charge in [-0.25, -0.2) is 0 Å². The van der Waals surface area contributed by atoms with Crippen molar-refractivity contribution in [1.82, 2.24) is 15.5 Å². The molecule has 2 N–H and O–H groups in total. The van der Waals surface area contributed by atoms with Crippen LogP contribution in [0.4, 0.5) is 0 Å². The monoisotopic (exact) mass is 301 g/mol. The second kappa shape index (κ2) is 6.92. The van der Waals surface area contributed by atoms with Crippen LogP contribution in [0.25, 0.3) is 0 Å². The topological polar surface area (TPSA) is 61.4 Å². The average Bonchev–Trinajstić information content (AvgIpc) is 2.90. The fourth-order valence-electron chi connectivity index (χ4n) is 3.18. The van der Waals surface area contributed by atoms with Crippen LogP contribution in [0, 0.1) is 0 Å². The lowest BCUT2D eigenvalue weighted by Crippen LogP contribution is -2.51. The highest BCUT2D eigenvalue weighted by Crippen LogP contribution is 2.16. The molecule has 0 spiro atoms. The fourth-order valence-corrected chi connectivity index (χ4v) is 3.18. The van der Waals surface area contributed by atoms with Crippen LogP contribution in [0.2, 0.25) is 0 Å². The van der Waals surface area contributed by atoms with Gasteiger partial charge in [-0.1, -0.05) is 36.8 Å². The summed E-state index contributed by atoms with van der Waals surface area (Å²) < 4.78 is 0. The van der Waals surface area contributed by atoms with Gasteiger partial charge in [-0.15, -0.1) is 0 Å².